The Bertz CT molecular complexity index is 5190. The first-order chi connectivity index (χ1) is 50.8. The molecule has 0 fully saturated rings. The lowest BCUT2D eigenvalue weighted by Gasteiger charge is -2.33. The second-order valence-electron chi connectivity index (χ2n) is 24.1. The molecule has 15 heteroatoms. The maximum absolute atomic E-state index is 6.47. The lowest BCUT2D eigenvalue weighted by Crippen LogP contribution is -2.16. The standard InChI is InChI=1S/C54H37N3O4.C18H13Br2N.C18H13NO2.H3N.H2O/c1-5-17-38(18-6-1)55(39-19-7-2-8-20-39)44-33-45(56(40-21-9-3-10-22-40)42-29-31-51-53(36-42)60-49-27-15-13-25-47(49)58-51)35-46(34-44)57(41-23-11-4-12-24-41)43-30-32-52-54(37-43)61-50-28-16-14-26-48(50)59-52;19-14-11-15(20)13-18(12-14)21(16-7-3-1-4-8-16)17-9-5-2-6-10-17;1-2-6-13(7-3-1)19-14-10-11-17-18(12-14)21-16-9-5-4-8-15(16)20-17;;/h1-37H;1-13H;1-12,19H;1H3;1H2. The maximum atomic E-state index is 6.47. The van der Waals surface area contributed by atoms with E-state index in [0.29, 0.717) is 46.0 Å². The van der Waals surface area contributed by atoms with Crippen LogP contribution < -0.4 is 59.5 Å². The van der Waals surface area contributed by atoms with Crippen LogP contribution in [0.25, 0.3) is 0 Å². The van der Waals surface area contributed by atoms with Gasteiger partial charge in [0.15, 0.2) is 69.0 Å². The molecule has 0 unspecified atom stereocenters. The minimum absolute atomic E-state index is 0. The van der Waals surface area contributed by atoms with Crippen LogP contribution in [0.15, 0.2) is 385 Å². The van der Waals surface area contributed by atoms with E-state index < -0.39 is 0 Å². The van der Waals surface area contributed by atoms with Crippen LogP contribution in [-0.4, -0.2) is 5.48 Å². The fourth-order valence-electron chi connectivity index (χ4n) is 12.5. The molecule has 15 aromatic rings. The Labute approximate surface area is 626 Å². The van der Waals surface area contributed by atoms with Crippen LogP contribution in [0, 0.1) is 0 Å². The van der Waals surface area contributed by atoms with Crippen LogP contribution in [0.5, 0.6) is 69.0 Å². The minimum Gasteiger partial charge on any atom is -0.450 e. The topological polar surface area (TPSA) is 147 Å². The van der Waals surface area contributed by atoms with Gasteiger partial charge in [-0.3, -0.25) is 0 Å². The number of para-hydroxylation sites is 13. The van der Waals surface area contributed by atoms with Crippen molar-refractivity contribution >= 4 is 111 Å². The van der Waals surface area contributed by atoms with Gasteiger partial charge in [0.1, 0.15) is 0 Å². The molecule has 0 radical (unpaired) electrons. The van der Waals surface area contributed by atoms with Gasteiger partial charge in [-0.2, -0.15) is 0 Å². The number of nitrogens with one attached hydrogen (secondary N) is 1. The summed E-state index contributed by atoms with van der Waals surface area (Å²) < 4.78 is 39.4. The molecular formula is C90H68Br2N6O7. The summed E-state index contributed by atoms with van der Waals surface area (Å²) in [5.74, 6) is 8.22. The zero-order chi connectivity index (χ0) is 69.3. The van der Waals surface area contributed by atoms with E-state index >= 15 is 0 Å². The fraction of sp³-hybridized carbons (Fsp3) is 0. The quantitative estimate of drug-likeness (QED) is 0.107. The molecule has 13 nitrogen and oxygen atoms in total. The van der Waals surface area contributed by atoms with E-state index in [0.717, 1.165) is 112 Å². The SMILES string of the molecule is Brc1cc(Br)cc(N(c2ccccc2)c2ccccc2)c1.N.O.c1ccc(N(c2ccccc2)c2cc(N(c3ccccc3)c3ccc4c(c3)Oc3ccccc3O4)cc(N(c3ccccc3)c3ccc4c(c3)Oc3ccccc3O4)c2)cc1.c1ccc(Nc2ccc3c(c2)Oc2ccccc2O3)cc1. The second-order valence-corrected chi connectivity index (χ2v) is 25.9. The van der Waals surface area contributed by atoms with Crippen molar-refractivity contribution < 1.29 is 33.9 Å². The first-order valence-corrected chi connectivity index (χ1v) is 35.1. The summed E-state index contributed by atoms with van der Waals surface area (Å²) >= 11 is 7.14. The fourth-order valence-corrected chi connectivity index (χ4v) is 13.8. The predicted octanol–water partition coefficient (Wildman–Crippen LogP) is 27.2. The Morgan fingerprint density at radius 3 is 0.714 bits per heavy atom. The van der Waals surface area contributed by atoms with E-state index in [1.165, 1.54) is 0 Å². The molecule has 0 spiro atoms. The van der Waals surface area contributed by atoms with E-state index in [2.05, 4.69) is 245 Å². The highest BCUT2D eigenvalue weighted by Gasteiger charge is 2.28. The molecule has 0 amide bonds. The van der Waals surface area contributed by atoms with Gasteiger partial charge in [-0.15, -0.1) is 0 Å². The van der Waals surface area contributed by atoms with Crippen molar-refractivity contribution in [3.05, 3.63) is 385 Å². The molecule has 6 N–H and O–H groups in total. The van der Waals surface area contributed by atoms with Gasteiger partial charge < -0.3 is 65.0 Å². The number of anilines is 14. The summed E-state index contributed by atoms with van der Waals surface area (Å²) in [5, 5.41) is 3.34. The highest BCUT2D eigenvalue weighted by Crippen LogP contribution is 2.53. The van der Waals surface area contributed by atoms with Crippen molar-refractivity contribution in [2.45, 2.75) is 0 Å². The Morgan fingerprint density at radius 1 is 0.181 bits per heavy atom. The number of hydrogen-bond donors (Lipinski definition) is 2. The Balaban J connectivity index is 0.000000171. The van der Waals surface area contributed by atoms with E-state index in [-0.39, 0.29) is 11.6 Å². The number of fused-ring (bicyclic) bond motifs is 6. The van der Waals surface area contributed by atoms with Crippen molar-refractivity contribution in [1.82, 2.24) is 6.15 Å². The van der Waals surface area contributed by atoms with E-state index in [1.54, 1.807) is 0 Å². The van der Waals surface area contributed by atoms with Crippen molar-refractivity contribution in [2.24, 2.45) is 0 Å². The van der Waals surface area contributed by atoms with Crippen molar-refractivity contribution in [3.63, 3.8) is 0 Å². The highest BCUT2D eigenvalue weighted by molar-refractivity contribution is 9.11. The number of rotatable bonds is 14. The van der Waals surface area contributed by atoms with Crippen molar-refractivity contribution in [2.75, 3.05) is 24.9 Å². The van der Waals surface area contributed by atoms with Crippen LogP contribution in [0.3, 0.4) is 0 Å². The number of benzene rings is 15. The zero-order valence-corrected chi connectivity index (χ0v) is 59.7. The Kier molecular flexibility index (Phi) is 21.0. The van der Waals surface area contributed by atoms with Crippen molar-refractivity contribution in [3.8, 4) is 69.0 Å². The maximum Gasteiger partial charge on any atom is 0.172 e. The molecule has 3 heterocycles. The summed E-state index contributed by atoms with van der Waals surface area (Å²) in [7, 11) is 0. The van der Waals surface area contributed by atoms with Gasteiger partial charge in [-0.05, 0) is 194 Å². The molecule has 0 aliphatic carbocycles. The summed E-state index contributed by atoms with van der Waals surface area (Å²) in [5.41, 5.74) is 13.9. The molecule has 18 rings (SSSR count). The molecule has 3 aliphatic heterocycles. The third kappa shape index (κ3) is 15.6. The lowest BCUT2D eigenvalue weighted by atomic mass is 10.1. The molecule has 0 aromatic heterocycles. The van der Waals surface area contributed by atoms with Crippen LogP contribution in [0.1, 0.15) is 0 Å². The Morgan fingerprint density at radius 2 is 0.410 bits per heavy atom. The van der Waals surface area contributed by atoms with Crippen molar-refractivity contribution in [1.29, 1.82) is 0 Å². The van der Waals surface area contributed by atoms with Gasteiger partial charge in [0, 0.05) is 78.3 Å². The van der Waals surface area contributed by atoms with E-state index in [4.69, 9.17) is 28.4 Å². The number of ether oxygens (including phenoxy) is 6. The molecule has 514 valence electrons. The summed E-state index contributed by atoms with van der Waals surface area (Å²) in [6, 6.07) is 127. The molecule has 0 saturated heterocycles. The largest absolute Gasteiger partial charge is 0.450 e. The highest BCUT2D eigenvalue weighted by atomic mass is 79.9. The van der Waals surface area contributed by atoms with Gasteiger partial charge in [-0.1, -0.05) is 196 Å². The van der Waals surface area contributed by atoms with E-state index in [9.17, 15) is 0 Å². The smallest absolute Gasteiger partial charge is 0.172 e. The molecule has 0 saturated carbocycles. The van der Waals surface area contributed by atoms with Crippen LogP contribution in [0.4, 0.5) is 79.6 Å². The number of halogens is 2. The van der Waals surface area contributed by atoms with Crippen LogP contribution in [-0.2, 0) is 0 Å². The summed E-state index contributed by atoms with van der Waals surface area (Å²) in [6.45, 7) is 0. The summed E-state index contributed by atoms with van der Waals surface area (Å²) in [6.07, 6.45) is 0. The van der Waals surface area contributed by atoms with Gasteiger partial charge in [0.25, 0.3) is 0 Å². The molecule has 105 heavy (non-hydrogen) atoms. The molecule has 0 atom stereocenters. The van der Waals surface area contributed by atoms with E-state index in [1.807, 2.05) is 188 Å². The van der Waals surface area contributed by atoms with Crippen LogP contribution in [0.2, 0.25) is 0 Å². The normalized spacial score (nSPS) is 11.3. The number of nitrogens with zero attached hydrogens (tertiary/aromatic N) is 4. The average Bonchev–Trinajstić information content (AvgIpc) is 0.735. The second kappa shape index (κ2) is 31.9. The number of hydrogen-bond acceptors (Lipinski definition) is 12. The van der Waals surface area contributed by atoms with Gasteiger partial charge in [-0.25, -0.2) is 0 Å². The molecule has 15 aromatic carbocycles. The minimum atomic E-state index is 0. The Hall–Kier alpha value is -13.0. The molecule has 0 bridgehead atoms. The van der Waals surface area contributed by atoms with Gasteiger partial charge in [0.2, 0.25) is 0 Å². The first kappa shape index (κ1) is 69.1. The van der Waals surface area contributed by atoms with Crippen LogP contribution >= 0.6 is 31.9 Å². The summed E-state index contributed by atoms with van der Waals surface area (Å²) in [4.78, 5) is 9.04. The van der Waals surface area contributed by atoms with Gasteiger partial charge in [0.05, 0.1) is 28.4 Å². The average molecular weight is 1510 g/mol. The monoisotopic (exact) mass is 1500 g/mol. The molecule has 3 aliphatic rings. The third-order valence-electron chi connectivity index (χ3n) is 17.1. The predicted molar refractivity (Wildman–Crippen MR) is 432 cm³/mol. The zero-order valence-electron chi connectivity index (χ0n) is 56.5. The third-order valence-corrected chi connectivity index (χ3v) is 18.0. The van der Waals surface area contributed by atoms with Gasteiger partial charge >= 0.3 is 0 Å². The molecular weight excluding hydrogens is 1440 g/mol. The lowest BCUT2D eigenvalue weighted by molar-refractivity contribution is 0.359. The first-order valence-electron chi connectivity index (χ1n) is 33.5.